The Balaban J connectivity index is 2.33. The Morgan fingerprint density at radius 2 is 2.12 bits per heavy atom. The minimum atomic E-state index is 0.0115. The molecule has 3 rings (SSSR count). The molecule has 0 saturated carbocycles. The third-order valence-corrected chi connectivity index (χ3v) is 3.69. The van der Waals surface area contributed by atoms with E-state index in [1.54, 1.807) is 7.11 Å². The van der Waals surface area contributed by atoms with Crippen LogP contribution in [-0.2, 0) is 12.0 Å². The summed E-state index contributed by atoms with van der Waals surface area (Å²) >= 11 is 0. The van der Waals surface area contributed by atoms with Crippen LogP contribution < -0.4 is 10.1 Å². The molecule has 1 aliphatic heterocycles. The quantitative estimate of drug-likeness (QED) is 0.790. The molecule has 2 heterocycles. The number of nitrogens with one attached hydrogen (secondary N) is 2. The number of aromatic nitrogens is 1. The van der Waals surface area contributed by atoms with Crippen LogP contribution in [0.3, 0.4) is 0 Å². The van der Waals surface area contributed by atoms with Gasteiger partial charge in [-0.25, -0.2) is 0 Å². The highest BCUT2D eigenvalue weighted by Gasteiger charge is 2.30. The van der Waals surface area contributed by atoms with E-state index in [0.29, 0.717) is 0 Å². The molecule has 90 valence electrons. The first-order valence-corrected chi connectivity index (χ1v) is 6.06. The summed E-state index contributed by atoms with van der Waals surface area (Å²) in [5.74, 6) is 0.924. The largest absolute Gasteiger partial charge is 0.495 e. The predicted octanol–water partition coefficient (Wildman–Crippen LogP) is 2.56. The zero-order valence-corrected chi connectivity index (χ0v) is 10.6. The van der Waals surface area contributed by atoms with Gasteiger partial charge in [0.05, 0.1) is 18.2 Å². The zero-order chi connectivity index (χ0) is 12.0. The number of hydrogen-bond acceptors (Lipinski definition) is 2. The van der Waals surface area contributed by atoms with Gasteiger partial charge in [0.15, 0.2) is 0 Å². The second-order valence-electron chi connectivity index (χ2n) is 5.16. The highest BCUT2D eigenvalue weighted by atomic mass is 16.5. The summed E-state index contributed by atoms with van der Waals surface area (Å²) in [6.07, 6.45) is 1.08. The summed E-state index contributed by atoms with van der Waals surface area (Å²) in [6, 6.07) is 6.24. The summed E-state index contributed by atoms with van der Waals surface area (Å²) in [6.45, 7) is 5.46. The maximum absolute atomic E-state index is 5.42. The summed E-state index contributed by atoms with van der Waals surface area (Å²) < 4.78 is 5.42. The lowest BCUT2D eigenvalue weighted by Crippen LogP contribution is -2.42. The third kappa shape index (κ3) is 1.46. The maximum atomic E-state index is 5.42. The first-order valence-electron chi connectivity index (χ1n) is 6.06. The van der Waals surface area contributed by atoms with Gasteiger partial charge in [0.2, 0.25) is 0 Å². The molecule has 1 aromatic carbocycles. The Hall–Kier alpha value is -1.48. The normalized spacial score (nSPS) is 18.1. The van der Waals surface area contributed by atoms with Gasteiger partial charge in [-0.1, -0.05) is 12.1 Å². The van der Waals surface area contributed by atoms with E-state index in [4.69, 9.17) is 4.74 Å². The lowest BCUT2D eigenvalue weighted by molar-refractivity contribution is 0.374. The highest BCUT2D eigenvalue weighted by Crippen LogP contribution is 2.36. The Morgan fingerprint density at radius 1 is 1.29 bits per heavy atom. The number of H-pyrrole nitrogens is 1. The molecule has 17 heavy (non-hydrogen) atoms. The fourth-order valence-electron chi connectivity index (χ4n) is 2.80. The average Bonchev–Trinajstić information content (AvgIpc) is 2.69. The predicted molar refractivity (Wildman–Crippen MR) is 69.6 cm³/mol. The fraction of sp³-hybridized carbons (Fsp3) is 0.429. The molecule has 0 atom stereocenters. The molecular formula is C14H18N2O. The van der Waals surface area contributed by atoms with E-state index in [9.17, 15) is 0 Å². The Labute approximate surface area is 101 Å². The van der Waals surface area contributed by atoms with Crippen LogP contribution in [0.1, 0.15) is 25.1 Å². The second-order valence-corrected chi connectivity index (χ2v) is 5.16. The van der Waals surface area contributed by atoms with Crippen LogP contribution in [0.4, 0.5) is 0 Å². The van der Waals surface area contributed by atoms with Gasteiger partial charge in [-0.2, -0.15) is 0 Å². The van der Waals surface area contributed by atoms with Crippen molar-refractivity contribution in [2.24, 2.45) is 0 Å². The van der Waals surface area contributed by atoms with Crippen LogP contribution in [-0.4, -0.2) is 18.6 Å². The minimum absolute atomic E-state index is 0.0115. The number of hydrogen-bond donors (Lipinski definition) is 2. The topological polar surface area (TPSA) is 37.0 Å². The van der Waals surface area contributed by atoms with E-state index in [1.807, 2.05) is 6.07 Å². The third-order valence-electron chi connectivity index (χ3n) is 3.69. The number of methoxy groups -OCH3 is 1. The van der Waals surface area contributed by atoms with Crippen molar-refractivity contribution in [1.29, 1.82) is 0 Å². The van der Waals surface area contributed by atoms with E-state index < -0.39 is 0 Å². The summed E-state index contributed by atoms with van der Waals surface area (Å²) in [7, 11) is 1.72. The van der Waals surface area contributed by atoms with Gasteiger partial charge in [0, 0.05) is 17.6 Å². The molecule has 2 N–H and O–H groups in total. The Kier molecular flexibility index (Phi) is 2.20. The minimum Gasteiger partial charge on any atom is -0.495 e. The van der Waals surface area contributed by atoms with Crippen LogP contribution >= 0.6 is 0 Å². The van der Waals surface area contributed by atoms with Crippen LogP contribution in [0.25, 0.3) is 10.9 Å². The van der Waals surface area contributed by atoms with Gasteiger partial charge >= 0.3 is 0 Å². The van der Waals surface area contributed by atoms with Crippen molar-refractivity contribution in [3.8, 4) is 5.75 Å². The number of para-hydroxylation sites is 1. The smallest absolute Gasteiger partial charge is 0.142 e. The van der Waals surface area contributed by atoms with Crippen molar-refractivity contribution in [3.63, 3.8) is 0 Å². The van der Waals surface area contributed by atoms with Crippen molar-refractivity contribution < 1.29 is 4.74 Å². The van der Waals surface area contributed by atoms with Gasteiger partial charge in [0.1, 0.15) is 5.75 Å². The summed E-state index contributed by atoms with van der Waals surface area (Å²) in [4.78, 5) is 3.54. The van der Waals surface area contributed by atoms with Crippen LogP contribution in [0.5, 0.6) is 5.75 Å². The van der Waals surface area contributed by atoms with E-state index in [1.165, 1.54) is 16.6 Å². The fourth-order valence-corrected chi connectivity index (χ4v) is 2.80. The number of fused-ring (bicyclic) bond motifs is 3. The maximum Gasteiger partial charge on any atom is 0.142 e. The van der Waals surface area contributed by atoms with Gasteiger partial charge in [-0.05, 0) is 31.9 Å². The monoisotopic (exact) mass is 230 g/mol. The molecular weight excluding hydrogens is 212 g/mol. The molecule has 1 aliphatic rings. The van der Waals surface area contributed by atoms with Crippen LogP contribution in [0.2, 0.25) is 0 Å². The molecule has 0 bridgehead atoms. The standard InChI is InChI=1S/C14H18N2O/c1-14(2)13-10(7-8-15-14)9-5-4-6-11(17-3)12(9)16-13/h4-6,15-16H,7-8H2,1-3H3. The van der Waals surface area contributed by atoms with Crippen molar-refractivity contribution >= 4 is 10.9 Å². The Morgan fingerprint density at radius 3 is 2.88 bits per heavy atom. The SMILES string of the molecule is COc1cccc2c3c([nH]c12)C(C)(C)NCC3. The van der Waals surface area contributed by atoms with Gasteiger partial charge in [-0.15, -0.1) is 0 Å². The average molecular weight is 230 g/mol. The molecule has 3 nitrogen and oxygen atoms in total. The van der Waals surface area contributed by atoms with Crippen LogP contribution in [0, 0.1) is 0 Å². The molecule has 0 unspecified atom stereocenters. The first-order chi connectivity index (χ1) is 8.13. The lowest BCUT2D eigenvalue weighted by atomic mass is 9.90. The van der Waals surface area contributed by atoms with Crippen molar-refractivity contribution in [2.45, 2.75) is 25.8 Å². The van der Waals surface area contributed by atoms with E-state index in [2.05, 4.69) is 36.3 Å². The van der Waals surface area contributed by atoms with E-state index in [-0.39, 0.29) is 5.54 Å². The lowest BCUT2D eigenvalue weighted by Gasteiger charge is -2.31. The summed E-state index contributed by atoms with van der Waals surface area (Å²) in [5.41, 5.74) is 3.86. The van der Waals surface area contributed by atoms with Crippen molar-refractivity contribution in [1.82, 2.24) is 10.3 Å². The van der Waals surface area contributed by atoms with Gasteiger partial charge in [0.25, 0.3) is 0 Å². The molecule has 1 aromatic heterocycles. The number of ether oxygens (including phenoxy) is 1. The van der Waals surface area contributed by atoms with Crippen molar-refractivity contribution in [2.75, 3.05) is 13.7 Å². The molecule has 3 heteroatoms. The molecule has 0 aliphatic carbocycles. The molecule has 0 radical (unpaired) electrons. The number of rotatable bonds is 1. The molecule has 0 saturated heterocycles. The van der Waals surface area contributed by atoms with E-state index in [0.717, 1.165) is 24.2 Å². The van der Waals surface area contributed by atoms with Crippen LogP contribution in [0.15, 0.2) is 18.2 Å². The van der Waals surface area contributed by atoms with Gasteiger partial charge in [-0.3, -0.25) is 0 Å². The second kappa shape index (κ2) is 3.50. The highest BCUT2D eigenvalue weighted by molar-refractivity contribution is 5.90. The number of benzene rings is 1. The molecule has 0 amide bonds. The zero-order valence-electron chi connectivity index (χ0n) is 10.6. The number of aromatic amines is 1. The summed E-state index contributed by atoms with van der Waals surface area (Å²) in [5, 5.41) is 4.84. The van der Waals surface area contributed by atoms with E-state index >= 15 is 0 Å². The Bertz CT molecular complexity index is 569. The first kappa shape index (κ1) is 10.7. The molecule has 2 aromatic rings. The van der Waals surface area contributed by atoms with Gasteiger partial charge < -0.3 is 15.0 Å². The van der Waals surface area contributed by atoms with Crippen molar-refractivity contribution in [3.05, 3.63) is 29.5 Å². The molecule has 0 spiro atoms. The molecule has 0 fully saturated rings.